The zero-order chi connectivity index (χ0) is 12.5. The van der Waals surface area contributed by atoms with E-state index in [9.17, 15) is 0 Å². The highest BCUT2D eigenvalue weighted by molar-refractivity contribution is 5.32. The Morgan fingerprint density at radius 3 is 2.47 bits per heavy atom. The molecule has 1 aromatic carbocycles. The average molecular weight is 228 g/mol. The van der Waals surface area contributed by atoms with Gasteiger partial charge in [0.2, 0.25) is 0 Å². The standard InChI is InChI=1S/C15H20N2/c1-11(17-10-14-8-15(14,2)3)13-6-4-12(9-16)5-7-13/h4-7,11,14,17H,8,10H2,1-3H3. The summed E-state index contributed by atoms with van der Waals surface area (Å²) in [4.78, 5) is 0. The highest BCUT2D eigenvalue weighted by atomic mass is 14.9. The normalized spacial score (nSPS) is 22.8. The maximum atomic E-state index is 8.74. The SMILES string of the molecule is CC(NCC1CC1(C)C)c1ccc(C#N)cc1. The minimum absolute atomic E-state index is 0.360. The third kappa shape index (κ3) is 2.87. The number of benzene rings is 1. The summed E-state index contributed by atoms with van der Waals surface area (Å²) in [6.07, 6.45) is 1.33. The second-order valence-electron chi connectivity index (χ2n) is 5.75. The highest BCUT2D eigenvalue weighted by Gasteiger charge is 2.44. The molecule has 0 radical (unpaired) electrons. The molecule has 0 heterocycles. The Morgan fingerprint density at radius 2 is 2.00 bits per heavy atom. The van der Waals surface area contributed by atoms with Crippen molar-refractivity contribution in [1.82, 2.24) is 5.32 Å². The Balaban J connectivity index is 1.87. The van der Waals surface area contributed by atoms with Crippen LogP contribution < -0.4 is 5.32 Å². The lowest BCUT2D eigenvalue weighted by Crippen LogP contribution is -2.22. The van der Waals surface area contributed by atoms with E-state index in [0.717, 1.165) is 18.0 Å². The van der Waals surface area contributed by atoms with E-state index in [1.54, 1.807) is 0 Å². The van der Waals surface area contributed by atoms with Crippen LogP contribution in [0.3, 0.4) is 0 Å². The van der Waals surface area contributed by atoms with Gasteiger partial charge in [-0.15, -0.1) is 0 Å². The number of rotatable bonds is 4. The molecule has 0 aromatic heterocycles. The molecule has 0 bridgehead atoms. The average Bonchev–Trinajstić information content (AvgIpc) is 2.94. The predicted molar refractivity (Wildman–Crippen MR) is 69.5 cm³/mol. The fraction of sp³-hybridized carbons (Fsp3) is 0.533. The van der Waals surface area contributed by atoms with Crippen molar-refractivity contribution in [3.05, 3.63) is 35.4 Å². The van der Waals surface area contributed by atoms with Crippen LogP contribution in [0.2, 0.25) is 0 Å². The molecule has 1 aromatic rings. The summed E-state index contributed by atoms with van der Waals surface area (Å²) >= 11 is 0. The van der Waals surface area contributed by atoms with Crippen molar-refractivity contribution in [2.24, 2.45) is 11.3 Å². The fourth-order valence-electron chi connectivity index (χ4n) is 2.21. The molecule has 0 spiro atoms. The molecule has 2 atom stereocenters. The number of nitrogens with one attached hydrogen (secondary N) is 1. The first-order valence-electron chi connectivity index (χ1n) is 6.26. The minimum Gasteiger partial charge on any atom is -0.310 e. The molecular formula is C15H20N2. The molecule has 2 unspecified atom stereocenters. The third-order valence-corrected chi connectivity index (χ3v) is 3.93. The van der Waals surface area contributed by atoms with Gasteiger partial charge >= 0.3 is 0 Å². The van der Waals surface area contributed by atoms with E-state index >= 15 is 0 Å². The van der Waals surface area contributed by atoms with Crippen molar-refractivity contribution < 1.29 is 0 Å². The van der Waals surface area contributed by atoms with Crippen LogP contribution in [0.5, 0.6) is 0 Å². The lowest BCUT2D eigenvalue weighted by Gasteiger charge is -2.15. The van der Waals surface area contributed by atoms with Gasteiger partial charge in [0.1, 0.15) is 0 Å². The zero-order valence-corrected chi connectivity index (χ0v) is 10.8. The molecule has 1 aliphatic rings. The Morgan fingerprint density at radius 1 is 1.41 bits per heavy atom. The first kappa shape index (κ1) is 12.1. The van der Waals surface area contributed by atoms with Crippen LogP contribution in [0.4, 0.5) is 0 Å². The van der Waals surface area contributed by atoms with Gasteiger partial charge in [-0.05, 0) is 48.9 Å². The second kappa shape index (κ2) is 4.50. The monoisotopic (exact) mass is 228 g/mol. The van der Waals surface area contributed by atoms with Crippen LogP contribution in [0.15, 0.2) is 24.3 Å². The first-order chi connectivity index (χ1) is 8.03. The molecule has 0 amide bonds. The molecule has 2 heteroatoms. The molecule has 0 aliphatic heterocycles. The summed E-state index contributed by atoms with van der Waals surface area (Å²) in [7, 11) is 0. The van der Waals surface area contributed by atoms with Crippen LogP contribution in [-0.4, -0.2) is 6.54 Å². The summed E-state index contributed by atoms with van der Waals surface area (Å²) < 4.78 is 0. The molecular weight excluding hydrogens is 208 g/mol. The second-order valence-corrected chi connectivity index (χ2v) is 5.75. The minimum atomic E-state index is 0.360. The van der Waals surface area contributed by atoms with Crippen molar-refractivity contribution in [2.75, 3.05) is 6.54 Å². The van der Waals surface area contributed by atoms with Crippen molar-refractivity contribution in [2.45, 2.75) is 33.2 Å². The summed E-state index contributed by atoms with van der Waals surface area (Å²) in [6, 6.07) is 10.3. The molecule has 2 rings (SSSR count). The van der Waals surface area contributed by atoms with E-state index < -0.39 is 0 Å². The van der Waals surface area contributed by atoms with Crippen molar-refractivity contribution >= 4 is 0 Å². The van der Waals surface area contributed by atoms with Gasteiger partial charge in [0.25, 0.3) is 0 Å². The lowest BCUT2D eigenvalue weighted by molar-refractivity contribution is 0.485. The largest absolute Gasteiger partial charge is 0.310 e. The van der Waals surface area contributed by atoms with Crippen molar-refractivity contribution in [3.8, 4) is 6.07 Å². The van der Waals surface area contributed by atoms with Crippen LogP contribution >= 0.6 is 0 Å². The van der Waals surface area contributed by atoms with Crippen molar-refractivity contribution in [3.63, 3.8) is 0 Å². The number of hydrogen-bond acceptors (Lipinski definition) is 2. The van der Waals surface area contributed by atoms with E-state index in [1.165, 1.54) is 12.0 Å². The summed E-state index contributed by atoms with van der Waals surface area (Å²) in [5, 5.41) is 12.3. The van der Waals surface area contributed by atoms with E-state index in [-0.39, 0.29) is 0 Å². The van der Waals surface area contributed by atoms with E-state index in [1.807, 2.05) is 24.3 Å². The molecule has 17 heavy (non-hydrogen) atoms. The zero-order valence-electron chi connectivity index (χ0n) is 10.8. The van der Waals surface area contributed by atoms with Gasteiger partial charge in [-0.25, -0.2) is 0 Å². The summed E-state index contributed by atoms with van der Waals surface area (Å²) in [6.45, 7) is 7.92. The van der Waals surface area contributed by atoms with Gasteiger partial charge in [-0.1, -0.05) is 26.0 Å². The van der Waals surface area contributed by atoms with Gasteiger partial charge in [-0.3, -0.25) is 0 Å². The Hall–Kier alpha value is -1.33. The van der Waals surface area contributed by atoms with Gasteiger partial charge in [0.05, 0.1) is 11.6 Å². The van der Waals surface area contributed by atoms with Crippen LogP contribution in [0.25, 0.3) is 0 Å². The maximum Gasteiger partial charge on any atom is 0.0991 e. The van der Waals surface area contributed by atoms with Crippen LogP contribution in [-0.2, 0) is 0 Å². The van der Waals surface area contributed by atoms with E-state index in [4.69, 9.17) is 5.26 Å². The predicted octanol–water partition coefficient (Wildman–Crippen LogP) is 3.25. The molecule has 1 N–H and O–H groups in total. The summed E-state index contributed by atoms with van der Waals surface area (Å²) in [5.41, 5.74) is 2.52. The number of hydrogen-bond donors (Lipinski definition) is 1. The first-order valence-corrected chi connectivity index (χ1v) is 6.26. The smallest absolute Gasteiger partial charge is 0.0991 e. The van der Waals surface area contributed by atoms with E-state index in [0.29, 0.717) is 11.5 Å². The number of nitrogens with zero attached hydrogens (tertiary/aromatic N) is 1. The molecule has 1 fully saturated rings. The van der Waals surface area contributed by atoms with Crippen molar-refractivity contribution in [1.29, 1.82) is 5.26 Å². The highest BCUT2D eigenvalue weighted by Crippen LogP contribution is 2.51. The lowest BCUT2D eigenvalue weighted by atomic mass is 10.1. The quantitative estimate of drug-likeness (QED) is 0.858. The van der Waals surface area contributed by atoms with Gasteiger partial charge in [0, 0.05) is 6.04 Å². The fourth-order valence-corrected chi connectivity index (χ4v) is 2.21. The Labute approximate surface area is 104 Å². The molecule has 0 saturated heterocycles. The molecule has 2 nitrogen and oxygen atoms in total. The maximum absolute atomic E-state index is 8.74. The topological polar surface area (TPSA) is 35.8 Å². The third-order valence-electron chi connectivity index (χ3n) is 3.93. The van der Waals surface area contributed by atoms with Gasteiger partial charge in [0.15, 0.2) is 0 Å². The molecule has 1 aliphatic carbocycles. The van der Waals surface area contributed by atoms with E-state index in [2.05, 4.69) is 32.2 Å². The van der Waals surface area contributed by atoms with Crippen LogP contribution in [0.1, 0.15) is 44.4 Å². The molecule has 1 saturated carbocycles. The Bertz CT molecular complexity index is 425. The molecule has 90 valence electrons. The van der Waals surface area contributed by atoms with Crippen LogP contribution in [0, 0.1) is 22.7 Å². The summed E-state index contributed by atoms with van der Waals surface area (Å²) in [5.74, 6) is 0.823. The Kier molecular flexibility index (Phi) is 3.22. The van der Waals surface area contributed by atoms with Gasteiger partial charge < -0.3 is 5.32 Å². The number of nitriles is 1. The van der Waals surface area contributed by atoms with Gasteiger partial charge in [-0.2, -0.15) is 5.26 Å².